The van der Waals surface area contributed by atoms with E-state index in [9.17, 15) is 24.0 Å². The molecule has 0 N–H and O–H groups in total. The summed E-state index contributed by atoms with van der Waals surface area (Å²) in [7, 11) is 6.64. The average molecular weight is 619 g/mol. The minimum atomic E-state index is -1.33. The Morgan fingerprint density at radius 1 is 0.644 bits per heavy atom. The van der Waals surface area contributed by atoms with Crippen LogP contribution in [0.4, 0.5) is 0 Å². The van der Waals surface area contributed by atoms with E-state index in [1.54, 1.807) is 13.0 Å². The molecule has 0 aliphatic heterocycles. The molecule has 3 aromatic rings. The van der Waals surface area contributed by atoms with Crippen LogP contribution >= 0.6 is 0 Å². The summed E-state index contributed by atoms with van der Waals surface area (Å²) < 4.78 is 39.0. The summed E-state index contributed by atoms with van der Waals surface area (Å²) in [4.78, 5) is 66.4. The maximum absolute atomic E-state index is 14.3. The Kier molecular flexibility index (Phi) is 8.00. The lowest BCUT2D eigenvalue weighted by atomic mass is 9.74. The predicted molar refractivity (Wildman–Crippen MR) is 156 cm³/mol. The van der Waals surface area contributed by atoms with Crippen molar-refractivity contribution >= 4 is 29.5 Å². The highest BCUT2D eigenvalue weighted by Crippen LogP contribution is 2.57. The molecule has 2 aliphatic carbocycles. The van der Waals surface area contributed by atoms with E-state index in [1.807, 2.05) is 0 Å². The molecule has 0 fully saturated rings. The molecule has 0 amide bonds. The first-order chi connectivity index (χ1) is 21.4. The number of esters is 3. The lowest BCUT2D eigenvalue weighted by molar-refractivity contribution is -0.167. The fourth-order valence-electron chi connectivity index (χ4n) is 6.12. The molecular formula is C33H30O12. The largest absolute Gasteiger partial charge is 0.497 e. The van der Waals surface area contributed by atoms with E-state index in [-0.39, 0.29) is 61.8 Å². The Balaban J connectivity index is 1.97. The number of aryl methyl sites for hydroxylation is 1. The molecule has 12 heteroatoms. The fourth-order valence-corrected chi connectivity index (χ4v) is 6.12. The zero-order valence-electron chi connectivity index (χ0n) is 25.9. The van der Waals surface area contributed by atoms with E-state index in [0.29, 0.717) is 16.9 Å². The number of hydrogen-bond donors (Lipinski definition) is 0. The van der Waals surface area contributed by atoms with E-state index >= 15 is 0 Å². The van der Waals surface area contributed by atoms with Crippen molar-refractivity contribution in [2.24, 2.45) is 0 Å². The molecule has 0 bridgehead atoms. The van der Waals surface area contributed by atoms with E-state index in [1.165, 1.54) is 67.6 Å². The number of methoxy groups -OCH3 is 5. The monoisotopic (exact) mass is 618 g/mol. The minimum Gasteiger partial charge on any atom is -0.497 e. The van der Waals surface area contributed by atoms with Gasteiger partial charge in [-0.05, 0) is 30.2 Å². The number of rotatable bonds is 7. The molecule has 0 radical (unpaired) electrons. The topological polar surface area (TPSA) is 150 Å². The molecule has 234 valence electrons. The van der Waals surface area contributed by atoms with Crippen LogP contribution in [0.25, 0.3) is 11.1 Å². The van der Waals surface area contributed by atoms with Crippen molar-refractivity contribution in [1.82, 2.24) is 0 Å². The van der Waals surface area contributed by atoms with Gasteiger partial charge in [-0.3, -0.25) is 19.2 Å². The van der Waals surface area contributed by atoms with Crippen molar-refractivity contribution in [2.45, 2.75) is 33.0 Å². The average Bonchev–Trinajstić information content (AvgIpc) is 3.01. The Labute approximate surface area is 258 Å². The van der Waals surface area contributed by atoms with Crippen LogP contribution in [0.15, 0.2) is 24.3 Å². The summed E-state index contributed by atoms with van der Waals surface area (Å²) in [5.74, 6) is -2.90. The highest BCUT2D eigenvalue weighted by molar-refractivity contribution is 6.31. The molecule has 0 saturated carbocycles. The molecule has 0 saturated heterocycles. The van der Waals surface area contributed by atoms with Gasteiger partial charge >= 0.3 is 17.9 Å². The summed E-state index contributed by atoms with van der Waals surface area (Å²) in [6, 6.07) is 5.98. The number of carbonyl (C=O) groups excluding carboxylic acids is 5. The van der Waals surface area contributed by atoms with E-state index in [2.05, 4.69) is 0 Å². The van der Waals surface area contributed by atoms with Crippen molar-refractivity contribution in [3.8, 4) is 34.1 Å². The van der Waals surface area contributed by atoms with Gasteiger partial charge in [0, 0.05) is 47.7 Å². The second-order valence-electron chi connectivity index (χ2n) is 10.3. The van der Waals surface area contributed by atoms with Crippen LogP contribution in [-0.2, 0) is 23.8 Å². The second-order valence-corrected chi connectivity index (χ2v) is 10.3. The molecule has 0 spiro atoms. The van der Waals surface area contributed by atoms with Crippen LogP contribution in [0.5, 0.6) is 23.0 Å². The van der Waals surface area contributed by atoms with Gasteiger partial charge in [0.05, 0.1) is 46.7 Å². The third kappa shape index (κ3) is 4.73. The molecule has 2 atom stereocenters. The highest BCUT2D eigenvalue weighted by atomic mass is 16.6. The molecule has 2 aliphatic rings. The third-order valence-electron chi connectivity index (χ3n) is 7.82. The van der Waals surface area contributed by atoms with Crippen molar-refractivity contribution < 1.29 is 57.1 Å². The van der Waals surface area contributed by atoms with Crippen LogP contribution in [-0.4, -0.2) is 65.0 Å². The number of carbonyl (C=O) groups is 5. The second kappa shape index (κ2) is 11.6. The Bertz CT molecular complexity index is 1820. The maximum Gasteiger partial charge on any atom is 0.341 e. The molecule has 0 aromatic heterocycles. The quantitative estimate of drug-likeness (QED) is 0.212. The van der Waals surface area contributed by atoms with E-state index in [0.717, 1.165) is 0 Å². The molecule has 12 nitrogen and oxygen atoms in total. The van der Waals surface area contributed by atoms with Gasteiger partial charge in [-0.25, -0.2) is 4.79 Å². The summed E-state index contributed by atoms with van der Waals surface area (Å²) >= 11 is 0. The number of hydrogen-bond acceptors (Lipinski definition) is 12. The van der Waals surface area contributed by atoms with Crippen molar-refractivity contribution in [1.29, 1.82) is 0 Å². The number of ketones is 2. The minimum absolute atomic E-state index is 0.00739. The molecule has 45 heavy (non-hydrogen) atoms. The SMILES string of the molecule is COC(=O)c1c(C)cc2c(c1OC)-c1cc3c(c(OC)c1[C@H](OC(C)=O)[C@H]2OC(C)=O)C(=O)c1c(OC)cc(OC)cc1C3=O. The summed E-state index contributed by atoms with van der Waals surface area (Å²) in [5.41, 5.74) is 1.35. The fraction of sp³-hybridized carbons (Fsp3) is 0.303. The van der Waals surface area contributed by atoms with Crippen molar-refractivity contribution in [3.63, 3.8) is 0 Å². The zero-order valence-corrected chi connectivity index (χ0v) is 25.9. The first-order valence-electron chi connectivity index (χ1n) is 13.7. The number of ether oxygens (including phenoxy) is 7. The first kappa shape index (κ1) is 31.0. The van der Waals surface area contributed by atoms with Gasteiger partial charge in [0.15, 0.2) is 18.0 Å². The van der Waals surface area contributed by atoms with E-state index in [4.69, 9.17) is 33.2 Å². The molecule has 0 heterocycles. The number of benzene rings is 3. The summed E-state index contributed by atoms with van der Waals surface area (Å²) in [5, 5.41) is 0. The highest BCUT2D eigenvalue weighted by Gasteiger charge is 2.47. The third-order valence-corrected chi connectivity index (χ3v) is 7.82. The van der Waals surface area contributed by atoms with Crippen molar-refractivity contribution in [2.75, 3.05) is 35.5 Å². The Hall–Kier alpha value is -5.39. The smallest absolute Gasteiger partial charge is 0.341 e. The van der Waals surface area contributed by atoms with Gasteiger partial charge in [-0.1, -0.05) is 6.07 Å². The van der Waals surface area contributed by atoms with Gasteiger partial charge < -0.3 is 33.2 Å². The van der Waals surface area contributed by atoms with Crippen LogP contribution in [0.2, 0.25) is 0 Å². The molecule has 3 aromatic carbocycles. The molecular weight excluding hydrogens is 588 g/mol. The number of fused-ring (bicyclic) bond motifs is 5. The van der Waals surface area contributed by atoms with Crippen LogP contribution in [0.3, 0.4) is 0 Å². The summed E-state index contributed by atoms with van der Waals surface area (Å²) in [6.07, 6.45) is -2.59. The van der Waals surface area contributed by atoms with Crippen LogP contribution < -0.4 is 18.9 Å². The maximum atomic E-state index is 14.3. The normalized spacial score (nSPS) is 15.9. The van der Waals surface area contributed by atoms with Gasteiger partial charge in [0.1, 0.15) is 28.6 Å². The lowest BCUT2D eigenvalue weighted by Crippen LogP contribution is -2.30. The Morgan fingerprint density at radius 3 is 1.82 bits per heavy atom. The van der Waals surface area contributed by atoms with E-state index < -0.39 is 41.7 Å². The van der Waals surface area contributed by atoms with Crippen LogP contribution in [0, 0.1) is 6.92 Å². The predicted octanol–water partition coefficient (Wildman–Crippen LogP) is 4.48. The first-order valence-corrected chi connectivity index (χ1v) is 13.7. The zero-order chi connectivity index (χ0) is 32.9. The van der Waals surface area contributed by atoms with Gasteiger partial charge in [-0.15, -0.1) is 0 Å². The standard InChI is InChI=1S/C33H30O12/c1-13-9-20-23(30(41-6)22(13)33(38)43-8)17-12-19-25(28(37)24-18(27(19)36)10-16(39-4)11-21(24)40-5)31(42-7)26(17)32(45-15(3)35)29(20)44-14(2)34/h9-12,29,32H,1-8H3/t29-,32-/m0/s1. The lowest BCUT2D eigenvalue weighted by Gasteiger charge is -2.37. The molecule has 0 unspecified atom stereocenters. The molecule has 5 rings (SSSR count). The Morgan fingerprint density at radius 2 is 1.27 bits per heavy atom. The summed E-state index contributed by atoms with van der Waals surface area (Å²) in [6.45, 7) is 4.01. The van der Waals surface area contributed by atoms with Gasteiger partial charge in [0.2, 0.25) is 5.78 Å². The van der Waals surface area contributed by atoms with Gasteiger partial charge in [-0.2, -0.15) is 0 Å². The van der Waals surface area contributed by atoms with Gasteiger partial charge in [0.25, 0.3) is 0 Å². The van der Waals surface area contributed by atoms with Crippen molar-refractivity contribution in [3.05, 3.63) is 68.8 Å². The van der Waals surface area contributed by atoms with Crippen LogP contribution in [0.1, 0.15) is 84.9 Å².